The second-order valence-corrected chi connectivity index (χ2v) is 9.97. The highest BCUT2D eigenvalue weighted by molar-refractivity contribution is 5.99. The highest BCUT2D eigenvalue weighted by atomic mass is 16.5. The molecule has 0 aromatic heterocycles. The van der Waals surface area contributed by atoms with Crippen LogP contribution < -0.4 is 10.6 Å². The summed E-state index contributed by atoms with van der Waals surface area (Å²) in [6, 6.07) is -1.32. The van der Waals surface area contributed by atoms with Gasteiger partial charge in [-0.05, 0) is 55.3 Å². The molecule has 3 N–H and O–H groups in total. The molecule has 0 aromatic carbocycles. The Morgan fingerprint density at radius 1 is 1.08 bits per heavy atom. The molecule has 8 nitrogen and oxygen atoms in total. The van der Waals surface area contributed by atoms with E-state index in [0.717, 1.165) is 20.0 Å². The number of methoxy groups -OCH3 is 1. The maximum absolute atomic E-state index is 12.4. The van der Waals surface area contributed by atoms with Crippen molar-refractivity contribution in [3.8, 4) is 0 Å². The Morgan fingerprint density at radius 2 is 1.89 bits per heavy atom. The number of carbonyl (C=O) groups excluding carboxylic acids is 4. The lowest BCUT2D eigenvalue weighted by molar-refractivity contribution is -0.149. The summed E-state index contributed by atoms with van der Waals surface area (Å²) in [4.78, 5) is 48.9. The Labute approximate surface area is 212 Å². The Balaban J connectivity index is 1.71. The SMILES string of the molecule is COC(=O)[C@H]1NC(=O)CC(=O)CC/C=C/[C@@H]2C[C@@H]3[C@@H](C=C[C@@H]3C)[C@H]2C/C=C\C=C\C(=O)NCC[C@@H]1O. The molecule has 36 heavy (non-hydrogen) atoms. The van der Waals surface area contributed by atoms with Gasteiger partial charge in [-0.15, -0.1) is 0 Å². The first-order chi connectivity index (χ1) is 17.3. The topological polar surface area (TPSA) is 122 Å². The predicted octanol–water partition coefficient (Wildman–Crippen LogP) is 2.40. The summed E-state index contributed by atoms with van der Waals surface area (Å²) in [7, 11) is 1.15. The van der Waals surface area contributed by atoms with Crippen molar-refractivity contribution in [2.24, 2.45) is 29.6 Å². The molecule has 1 aliphatic heterocycles. The second kappa shape index (κ2) is 13.3. The van der Waals surface area contributed by atoms with Crippen molar-refractivity contribution in [2.45, 2.75) is 57.6 Å². The molecule has 0 saturated heterocycles. The molecule has 1 fully saturated rings. The van der Waals surface area contributed by atoms with E-state index in [4.69, 9.17) is 0 Å². The van der Waals surface area contributed by atoms with Gasteiger partial charge in [0, 0.05) is 19.0 Å². The van der Waals surface area contributed by atoms with Crippen LogP contribution in [0.1, 0.15) is 45.4 Å². The first kappa shape index (κ1) is 27.6. The van der Waals surface area contributed by atoms with E-state index in [1.54, 1.807) is 6.08 Å². The fourth-order valence-electron chi connectivity index (χ4n) is 5.57. The van der Waals surface area contributed by atoms with E-state index in [-0.39, 0.29) is 37.5 Å². The number of hydrogen-bond donors (Lipinski definition) is 3. The van der Waals surface area contributed by atoms with Crippen LogP contribution in [0.4, 0.5) is 0 Å². The summed E-state index contributed by atoms with van der Waals surface area (Å²) in [6.45, 7) is 2.36. The molecule has 0 aromatic rings. The van der Waals surface area contributed by atoms with Gasteiger partial charge in [-0.1, -0.05) is 49.5 Å². The Morgan fingerprint density at radius 3 is 2.67 bits per heavy atom. The summed E-state index contributed by atoms with van der Waals surface area (Å²) < 4.78 is 4.68. The Kier molecular flexibility index (Phi) is 10.2. The summed E-state index contributed by atoms with van der Waals surface area (Å²) in [6.07, 6.45) is 17.2. The molecule has 2 amide bonds. The molecule has 7 atom stereocenters. The minimum atomic E-state index is -1.32. The molecule has 2 aliphatic carbocycles. The predicted molar refractivity (Wildman–Crippen MR) is 135 cm³/mol. The summed E-state index contributed by atoms with van der Waals surface area (Å²) in [5.74, 6) is 0.593. The number of aliphatic hydroxyl groups is 1. The average molecular weight is 499 g/mol. The van der Waals surface area contributed by atoms with Crippen LogP contribution in [0, 0.1) is 29.6 Å². The molecule has 0 unspecified atom stereocenters. The minimum absolute atomic E-state index is 0.0196. The minimum Gasteiger partial charge on any atom is -0.467 e. The van der Waals surface area contributed by atoms with Crippen molar-refractivity contribution >= 4 is 23.6 Å². The molecular formula is C28H38N2O6. The van der Waals surface area contributed by atoms with Gasteiger partial charge in [-0.2, -0.15) is 0 Å². The molecule has 3 rings (SSSR count). The lowest BCUT2D eigenvalue weighted by Crippen LogP contribution is -2.50. The normalized spacial score (nSPS) is 37.0. The number of carbonyl (C=O) groups is 4. The molecule has 1 heterocycles. The van der Waals surface area contributed by atoms with E-state index in [9.17, 15) is 24.3 Å². The van der Waals surface area contributed by atoms with Crippen LogP contribution in [-0.2, 0) is 23.9 Å². The standard InChI is InChI=1S/C28H38N2O6/c1-18-12-13-22-21-10-4-3-5-11-25(33)29-15-14-24(32)27(28(35)36-2)30-26(34)17-20(31)9-7-6-8-19(21)16-23(18)22/h3-6,8,11-13,18-19,21-24,27,32H,7,9-10,14-17H2,1-2H3,(H,29,33)(H,30,34)/b4-3-,8-6+,11-5+/t18-,19+,21-,22-,23-,24-,27-/m0/s1. The number of esters is 1. The van der Waals surface area contributed by atoms with Gasteiger partial charge >= 0.3 is 5.97 Å². The lowest BCUT2D eigenvalue weighted by atomic mass is 9.85. The quantitative estimate of drug-likeness (QED) is 0.290. The fraction of sp³-hybridized carbons (Fsp3) is 0.571. The largest absolute Gasteiger partial charge is 0.467 e. The van der Waals surface area contributed by atoms with Crippen molar-refractivity contribution in [3.05, 3.63) is 48.6 Å². The van der Waals surface area contributed by atoms with Gasteiger partial charge in [0.2, 0.25) is 11.8 Å². The zero-order chi connectivity index (χ0) is 26.1. The fourth-order valence-corrected chi connectivity index (χ4v) is 5.57. The molecule has 3 aliphatic rings. The number of fused-ring (bicyclic) bond motifs is 3. The van der Waals surface area contributed by atoms with E-state index in [1.165, 1.54) is 6.08 Å². The van der Waals surface area contributed by atoms with E-state index in [1.807, 2.05) is 12.2 Å². The van der Waals surface area contributed by atoms with E-state index >= 15 is 0 Å². The van der Waals surface area contributed by atoms with Crippen LogP contribution in [0.5, 0.6) is 0 Å². The zero-order valence-corrected chi connectivity index (χ0v) is 21.1. The van der Waals surface area contributed by atoms with E-state index < -0.39 is 24.0 Å². The summed E-state index contributed by atoms with van der Waals surface area (Å²) in [5.41, 5.74) is 0. The highest BCUT2D eigenvalue weighted by Gasteiger charge is 2.44. The number of hydrogen-bond acceptors (Lipinski definition) is 6. The van der Waals surface area contributed by atoms with Gasteiger partial charge in [0.25, 0.3) is 0 Å². The van der Waals surface area contributed by atoms with Gasteiger partial charge in [0.15, 0.2) is 6.04 Å². The average Bonchev–Trinajstić information content (AvgIpc) is 3.37. The van der Waals surface area contributed by atoms with E-state index in [0.29, 0.717) is 36.0 Å². The highest BCUT2D eigenvalue weighted by Crippen LogP contribution is 2.51. The van der Waals surface area contributed by atoms with Crippen LogP contribution in [-0.4, -0.2) is 54.5 Å². The van der Waals surface area contributed by atoms with Crippen LogP contribution in [0.15, 0.2) is 48.6 Å². The summed E-state index contributed by atoms with van der Waals surface area (Å²) in [5, 5.41) is 15.5. The van der Waals surface area contributed by atoms with Crippen molar-refractivity contribution in [1.82, 2.24) is 10.6 Å². The molecule has 196 valence electrons. The van der Waals surface area contributed by atoms with Gasteiger partial charge < -0.3 is 20.5 Å². The molecule has 0 bridgehead atoms. The van der Waals surface area contributed by atoms with Crippen LogP contribution in [0.25, 0.3) is 0 Å². The van der Waals surface area contributed by atoms with Crippen molar-refractivity contribution < 1.29 is 29.0 Å². The molecule has 1 saturated carbocycles. The van der Waals surface area contributed by atoms with Crippen LogP contribution in [0.2, 0.25) is 0 Å². The van der Waals surface area contributed by atoms with Crippen LogP contribution in [0.3, 0.4) is 0 Å². The lowest BCUT2D eigenvalue weighted by Gasteiger charge is -2.22. The molecule has 8 heteroatoms. The number of amides is 2. The van der Waals surface area contributed by atoms with Gasteiger partial charge in [0.1, 0.15) is 5.78 Å². The number of ketones is 1. The maximum Gasteiger partial charge on any atom is 0.331 e. The molecular weight excluding hydrogens is 460 g/mol. The number of aliphatic hydroxyl groups excluding tert-OH is 1. The third-order valence-corrected chi connectivity index (χ3v) is 7.52. The number of Topliss-reactive ketones (excluding diaryl/α,β-unsaturated/α-hetero) is 1. The third-order valence-electron chi connectivity index (χ3n) is 7.52. The number of nitrogens with one attached hydrogen (secondary N) is 2. The van der Waals surface area contributed by atoms with Gasteiger partial charge in [0.05, 0.1) is 19.6 Å². The van der Waals surface area contributed by atoms with Gasteiger partial charge in [-0.25, -0.2) is 4.79 Å². The van der Waals surface area contributed by atoms with E-state index in [2.05, 4.69) is 46.6 Å². The smallest absolute Gasteiger partial charge is 0.331 e. The van der Waals surface area contributed by atoms with Crippen molar-refractivity contribution in [3.63, 3.8) is 0 Å². The zero-order valence-electron chi connectivity index (χ0n) is 21.1. The van der Waals surface area contributed by atoms with Crippen molar-refractivity contribution in [2.75, 3.05) is 13.7 Å². The Bertz CT molecular complexity index is 936. The Hall–Kier alpha value is -3.00. The maximum atomic E-state index is 12.4. The molecule has 0 radical (unpaired) electrons. The first-order valence-corrected chi connectivity index (χ1v) is 12.8. The monoisotopic (exact) mass is 498 g/mol. The summed E-state index contributed by atoms with van der Waals surface area (Å²) >= 11 is 0. The first-order valence-electron chi connectivity index (χ1n) is 12.8. The number of rotatable bonds is 1. The van der Waals surface area contributed by atoms with Crippen LogP contribution >= 0.6 is 0 Å². The number of allylic oxidation sites excluding steroid dienone is 7. The third kappa shape index (κ3) is 7.50. The van der Waals surface area contributed by atoms with Gasteiger partial charge in [-0.3, -0.25) is 14.4 Å². The second-order valence-electron chi connectivity index (χ2n) is 9.97. The molecule has 0 spiro atoms. The van der Waals surface area contributed by atoms with Crippen molar-refractivity contribution in [1.29, 1.82) is 0 Å². The number of ether oxygens (including phenoxy) is 1.